The smallest absolute Gasteiger partial charge is 0.279 e. The maximum absolute atomic E-state index is 13.0. The minimum absolute atomic E-state index is 0.0221. The zero-order chi connectivity index (χ0) is 20.2. The molecule has 3 rings (SSSR count). The Morgan fingerprint density at radius 2 is 1.71 bits per heavy atom. The largest absolute Gasteiger partial charge is 0.495 e. The van der Waals surface area contributed by atoms with E-state index in [1.165, 1.54) is 41.9 Å². The highest BCUT2D eigenvalue weighted by Crippen LogP contribution is 2.31. The third kappa shape index (κ3) is 4.45. The number of sulfonamides is 2. The Bertz CT molecular complexity index is 1020. The molecular weight excluding hydrogens is 402 g/mol. The van der Waals surface area contributed by atoms with Crippen molar-refractivity contribution in [2.45, 2.75) is 35.6 Å². The molecule has 1 aromatic carbocycles. The van der Waals surface area contributed by atoms with Gasteiger partial charge in [0, 0.05) is 19.3 Å². The molecule has 2 aromatic rings. The molecule has 1 N–H and O–H groups in total. The van der Waals surface area contributed by atoms with Gasteiger partial charge in [0.15, 0.2) is 5.03 Å². The lowest BCUT2D eigenvalue weighted by molar-refractivity contribution is 0.415. The van der Waals surface area contributed by atoms with Crippen molar-refractivity contribution >= 4 is 25.7 Å². The van der Waals surface area contributed by atoms with Gasteiger partial charge in [0.05, 0.1) is 17.7 Å². The highest BCUT2D eigenvalue weighted by molar-refractivity contribution is 7.92. The molecule has 0 atom stereocenters. The van der Waals surface area contributed by atoms with Gasteiger partial charge in [0.25, 0.3) is 10.0 Å². The van der Waals surface area contributed by atoms with E-state index in [1.807, 2.05) is 0 Å². The Morgan fingerprint density at radius 3 is 2.32 bits per heavy atom. The molecule has 0 bridgehead atoms. The maximum Gasteiger partial charge on any atom is 0.279 e. The molecule has 28 heavy (non-hydrogen) atoms. The topological polar surface area (TPSA) is 106 Å². The van der Waals surface area contributed by atoms with Gasteiger partial charge in [-0.3, -0.25) is 4.72 Å². The van der Waals surface area contributed by atoms with Gasteiger partial charge in [0.1, 0.15) is 5.75 Å². The highest BCUT2D eigenvalue weighted by atomic mass is 32.2. The molecule has 1 aliphatic rings. The van der Waals surface area contributed by atoms with E-state index in [9.17, 15) is 16.8 Å². The zero-order valence-corrected chi connectivity index (χ0v) is 17.2. The van der Waals surface area contributed by atoms with Crippen LogP contribution in [-0.2, 0) is 20.0 Å². The molecule has 152 valence electrons. The number of benzene rings is 1. The molecule has 1 aliphatic heterocycles. The summed E-state index contributed by atoms with van der Waals surface area (Å²) < 4.78 is 60.3. The molecule has 0 unspecified atom stereocenters. The molecular formula is C18H23N3O5S2. The summed E-state index contributed by atoms with van der Waals surface area (Å²) in [6.07, 6.45) is 5.00. The molecule has 0 aliphatic carbocycles. The quantitative estimate of drug-likeness (QED) is 0.762. The number of anilines is 1. The fourth-order valence-corrected chi connectivity index (χ4v) is 5.62. The van der Waals surface area contributed by atoms with E-state index in [1.54, 1.807) is 12.1 Å². The number of methoxy groups -OCH3 is 1. The lowest BCUT2D eigenvalue weighted by atomic mass is 10.2. The summed E-state index contributed by atoms with van der Waals surface area (Å²) in [6, 6.07) is 8.68. The van der Waals surface area contributed by atoms with E-state index < -0.39 is 20.0 Å². The number of nitrogens with one attached hydrogen (secondary N) is 1. The number of ether oxygens (including phenoxy) is 1. The van der Waals surface area contributed by atoms with Crippen molar-refractivity contribution in [2.24, 2.45) is 0 Å². The van der Waals surface area contributed by atoms with Crippen LogP contribution in [0, 0.1) is 0 Å². The van der Waals surface area contributed by atoms with E-state index in [4.69, 9.17) is 4.74 Å². The lowest BCUT2D eigenvalue weighted by Gasteiger charge is -2.21. The Morgan fingerprint density at radius 1 is 1.00 bits per heavy atom. The van der Waals surface area contributed by atoms with Crippen LogP contribution in [0.5, 0.6) is 5.75 Å². The Labute approximate surface area is 165 Å². The second-order valence-corrected chi connectivity index (χ2v) is 10.0. The minimum Gasteiger partial charge on any atom is -0.495 e. The molecule has 0 amide bonds. The van der Waals surface area contributed by atoms with Crippen LogP contribution >= 0.6 is 0 Å². The summed E-state index contributed by atoms with van der Waals surface area (Å²) in [5.74, 6) is 0.217. The van der Waals surface area contributed by atoms with Crippen LogP contribution in [0.1, 0.15) is 25.7 Å². The predicted octanol–water partition coefficient (Wildman–Crippen LogP) is 2.46. The second kappa shape index (κ2) is 8.46. The van der Waals surface area contributed by atoms with Gasteiger partial charge >= 0.3 is 0 Å². The number of nitrogens with zero attached hydrogens (tertiary/aromatic N) is 2. The van der Waals surface area contributed by atoms with Gasteiger partial charge in [-0.1, -0.05) is 18.9 Å². The normalized spacial score (nSPS) is 16.3. The molecule has 0 spiro atoms. The van der Waals surface area contributed by atoms with Crippen molar-refractivity contribution in [2.75, 3.05) is 24.9 Å². The molecule has 10 heteroatoms. The van der Waals surface area contributed by atoms with E-state index in [2.05, 4.69) is 9.71 Å². The fraction of sp³-hybridized carbons (Fsp3) is 0.389. The number of aromatic nitrogens is 1. The van der Waals surface area contributed by atoms with Crippen molar-refractivity contribution < 1.29 is 21.6 Å². The second-order valence-electron chi connectivity index (χ2n) is 6.45. The summed E-state index contributed by atoms with van der Waals surface area (Å²) in [5, 5.41) is -0.169. The standard InChI is InChI=1S/C18H23N3O5S2/c1-26-17-10-9-15(28(24,25)21-12-6-2-3-7-13-21)14-16(17)20-27(22,23)18-8-4-5-11-19-18/h4-5,8-11,14,20H,2-3,6-7,12-13H2,1H3. The van der Waals surface area contributed by atoms with Crippen LogP contribution in [-0.4, -0.2) is 46.3 Å². The maximum atomic E-state index is 13.0. The summed E-state index contributed by atoms with van der Waals surface area (Å²) in [4.78, 5) is 3.86. The number of hydrogen-bond donors (Lipinski definition) is 1. The average molecular weight is 426 g/mol. The molecule has 0 radical (unpaired) electrons. The number of hydrogen-bond acceptors (Lipinski definition) is 6. The molecule has 1 aromatic heterocycles. The van der Waals surface area contributed by atoms with Crippen molar-refractivity contribution in [1.82, 2.24) is 9.29 Å². The predicted molar refractivity (Wildman–Crippen MR) is 105 cm³/mol. The molecule has 8 nitrogen and oxygen atoms in total. The monoisotopic (exact) mass is 425 g/mol. The first kappa shape index (κ1) is 20.6. The summed E-state index contributed by atoms with van der Waals surface area (Å²) in [7, 11) is -6.33. The van der Waals surface area contributed by atoms with Crippen molar-refractivity contribution in [1.29, 1.82) is 0 Å². The molecule has 1 saturated heterocycles. The molecule has 0 saturated carbocycles. The van der Waals surface area contributed by atoms with Crippen molar-refractivity contribution in [3.05, 3.63) is 42.6 Å². The first-order chi connectivity index (χ1) is 13.3. The molecule has 1 fully saturated rings. The van der Waals surface area contributed by atoms with Crippen LogP contribution in [0.15, 0.2) is 52.5 Å². The van der Waals surface area contributed by atoms with Gasteiger partial charge in [-0.05, 0) is 43.2 Å². The average Bonchev–Trinajstić information content (AvgIpc) is 2.98. The van der Waals surface area contributed by atoms with E-state index in [-0.39, 0.29) is 21.4 Å². The van der Waals surface area contributed by atoms with Crippen LogP contribution < -0.4 is 9.46 Å². The number of pyridine rings is 1. The van der Waals surface area contributed by atoms with Gasteiger partial charge in [-0.2, -0.15) is 12.7 Å². The van der Waals surface area contributed by atoms with E-state index >= 15 is 0 Å². The number of rotatable bonds is 6. The SMILES string of the molecule is COc1ccc(S(=O)(=O)N2CCCCCC2)cc1NS(=O)(=O)c1ccccn1. The zero-order valence-electron chi connectivity index (χ0n) is 15.5. The summed E-state index contributed by atoms with van der Waals surface area (Å²) in [5.41, 5.74) is 0.0454. The Kier molecular flexibility index (Phi) is 6.21. The Balaban J connectivity index is 1.96. The van der Waals surface area contributed by atoms with Crippen LogP contribution in [0.25, 0.3) is 0 Å². The minimum atomic E-state index is -3.99. The van der Waals surface area contributed by atoms with Gasteiger partial charge in [-0.15, -0.1) is 0 Å². The fourth-order valence-electron chi connectivity index (χ4n) is 3.06. The van der Waals surface area contributed by atoms with Gasteiger partial charge < -0.3 is 4.74 Å². The Hall–Kier alpha value is -2.17. The first-order valence-electron chi connectivity index (χ1n) is 8.96. The third-order valence-corrected chi connectivity index (χ3v) is 7.71. The van der Waals surface area contributed by atoms with Crippen molar-refractivity contribution in [3.8, 4) is 5.75 Å². The summed E-state index contributed by atoms with van der Waals surface area (Å²) >= 11 is 0. The van der Waals surface area contributed by atoms with E-state index in [0.29, 0.717) is 13.1 Å². The summed E-state index contributed by atoms with van der Waals surface area (Å²) in [6.45, 7) is 0.923. The first-order valence-corrected chi connectivity index (χ1v) is 11.9. The van der Waals surface area contributed by atoms with Gasteiger partial charge in [-0.25, -0.2) is 13.4 Å². The third-order valence-electron chi connectivity index (χ3n) is 4.53. The van der Waals surface area contributed by atoms with Crippen molar-refractivity contribution in [3.63, 3.8) is 0 Å². The van der Waals surface area contributed by atoms with Crippen LogP contribution in [0.2, 0.25) is 0 Å². The van der Waals surface area contributed by atoms with Crippen LogP contribution in [0.3, 0.4) is 0 Å². The highest BCUT2D eigenvalue weighted by Gasteiger charge is 2.27. The lowest BCUT2D eigenvalue weighted by Crippen LogP contribution is -2.32. The van der Waals surface area contributed by atoms with Gasteiger partial charge in [0.2, 0.25) is 10.0 Å². The van der Waals surface area contributed by atoms with E-state index in [0.717, 1.165) is 25.7 Å². The molecule has 2 heterocycles. The van der Waals surface area contributed by atoms with Crippen LogP contribution in [0.4, 0.5) is 5.69 Å².